The number of methoxy groups -OCH3 is 1. The number of carbonyl (C=O) groups is 1. The predicted octanol–water partition coefficient (Wildman–Crippen LogP) is 2.04. The molecule has 136 valence electrons. The minimum absolute atomic E-state index is 0.0785. The molecule has 1 aromatic carbocycles. The SMILES string of the molecule is COc1ccc2c(c1)C(=O)N(c1cccc(-c3nnc4n3CCOC4)n1)C2. The minimum Gasteiger partial charge on any atom is -0.497 e. The van der Waals surface area contributed by atoms with E-state index in [4.69, 9.17) is 14.5 Å². The van der Waals surface area contributed by atoms with E-state index in [2.05, 4.69) is 10.2 Å². The summed E-state index contributed by atoms with van der Waals surface area (Å²) in [6, 6.07) is 11.2. The minimum atomic E-state index is -0.0785. The molecule has 0 fully saturated rings. The number of hydrogen-bond acceptors (Lipinski definition) is 6. The Morgan fingerprint density at radius 2 is 2.11 bits per heavy atom. The Kier molecular flexibility index (Phi) is 3.64. The van der Waals surface area contributed by atoms with Gasteiger partial charge in [-0.15, -0.1) is 10.2 Å². The molecule has 0 bridgehead atoms. The van der Waals surface area contributed by atoms with Crippen LogP contribution in [0.15, 0.2) is 36.4 Å². The maximum Gasteiger partial charge on any atom is 0.260 e. The van der Waals surface area contributed by atoms with Crippen molar-refractivity contribution in [3.63, 3.8) is 0 Å². The standard InChI is InChI=1S/C19H17N5O3/c1-26-13-6-5-12-10-24(19(25)14(12)9-13)16-4-2-3-15(20-16)18-22-21-17-11-27-8-7-23(17)18/h2-6,9H,7-8,10-11H2,1H3. The van der Waals surface area contributed by atoms with E-state index in [1.54, 1.807) is 18.1 Å². The Morgan fingerprint density at radius 3 is 3.00 bits per heavy atom. The highest BCUT2D eigenvalue weighted by atomic mass is 16.5. The highest BCUT2D eigenvalue weighted by molar-refractivity contribution is 6.09. The van der Waals surface area contributed by atoms with Crippen molar-refractivity contribution in [1.29, 1.82) is 0 Å². The number of rotatable bonds is 3. The average molecular weight is 363 g/mol. The van der Waals surface area contributed by atoms with Crippen LogP contribution in [-0.2, 0) is 24.4 Å². The molecule has 2 aliphatic heterocycles. The summed E-state index contributed by atoms with van der Waals surface area (Å²) in [5.74, 6) is 2.67. The summed E-state index contributed by atoms with van der Waals surface area (Å²) in [6.07, 6.45) is 0. The molecule has 0 N–H and O–H groups in total. The zero-order chi connectivity index (χ0) is 18.4. The van der Waals surface area contributed by atoms with Gasteiger partial charge in [-0.2, -0.15) is 0 Å². The van der Waals surface area contributed by atoms with Gasteiger partial charge in [-0.3, -0.25) is 9.69 Å². The summed E-state index contributed by atoms with van der Waals surface area (Å²) in [4.78, 5) is 19.2. The van der Waals surface area contributed by atoms with Gasteiger partial charge in [-0.05, 0) is 29.8 Å². The van der Waals surface area contributed by atoms with Crippen LogP contribution in [0.4, 0.5) is 5.82 Å². The smallest absolute Gasteiger partial charge is 0.260 e. The van der Waals surface area contributed by atoms with Crippen LogP contribution in [-0.4, -0.2) is 39.4 Å². The molecule has 2 aliphatic rings. The molecule has 27 heavy (non-hydrogen) atoms. The molecule has 0 atom stereocenters. The Morgan fingerprint density at radius 1 is 1.19 bits per heavy atom. The molecular formula is C19H17N5O3. The van der Waals surface area contributed by atoms with Gasteiger partial charge in [0.05, 0.1) is 20.3 Å². The number of carbonyl (C=O) groups excluding carboxylic acids is 1. The van der Waals surface area contributed by atoms with E-state index >= 15 is 0 Å². The van der Waals surface area contributed by atoms with E-state index in [9.17, 15) is 4.79 Å². The summed E-state index contributed by atoms with van der Waals surface area (Å²) in [5, 5.41) is 8.45. The van der Waals surface area contributed by atoms with Gasteiger partial charge in [0.15, 0.2) is 11.6 Å². The van der Waals surface area contributed by atoms with Crippen LogP contribution in [0.3, 0.4) is 0 Å². The van der Waals surface area contributed by atoms with E-state index in [0.29, 0.717) is 55.0 Å². The zero-order valence-corrected chi connectivity index (χ0v) is 14.8. The molecule has 0 saturated carbocycles. The van der Waals surface area contributed by atoms with Crippen molar-refractivity contribution < 1.29 is 14.3 Å². The Balaban J connectivity index is 1.50. The number of fused-ring (bicyclic) bond motifs is 2. The maximum atomic E-state index is 12.9. The van der Waals surface area contributed by atoms with Crippen LogP contribution in [0, 0.1) is 0 Å². The largest absolute Gasteiger partial charge is 0.497 e. The lowest BCUT2D eigenvalue weighted by Gasteiger charge is -2.17. The summed E-state index contributed by atoms with van der Waals surface area (Å²) in [6.45, 7) is 2.26. The second kappa shape index (κ2) is 6.17. The molecule has 0 unspecified atom stereocenters. The molecule has 2 aromatic heterocycles. The lowest BCUT2D eigenvalue weighted by atomic mass is 10.1. The van der Waals surface area contributed by atoms with Gasteiger partial charge in [-0.25, -0.2) is 4.98 Å². The van der Waals surface area contributed by atoms with Crippen LogP contribution in [0.1, 0.15) is 21.7 Å². The molecule has 1 amide bonds. The van der Waals surface area contributed by atoms with Gasteiger partial charge in [0, 0.05) is 12.1 Å². The molecule has 0 radical (unpaired) electrons. The third-order valence-electron chi connectivity index (χ3n) is 4.88. The van der Waals surface area contributed by atoms with Crippen molar-refractivity contribution in [3.8, 4) is 17.3 Å². The molecule has 8 heteroatoms. The number of amides is 1. The van der Waals surface area contributed by atoms with Gasteiger partial charge >= 0.3 is 0 Å². The third kappa shape index (κ3) is 2.57. The van der Waals surface area contributed by atoms with Gasteiger partial charge in [0.1, 0.15) is 23.9 Å². The first-order chi connectivity index (χ1) is 13.2. The summed E-state index contributed by atoms with van der Waals surface area (Å²) >= 11 is 0. The summed E-state index contributed by atoms with van der Waals surface area (Å²) in [5.41, 5.74) is 2.30. The van der Waals surface area contributed by atoms with E-state index in [1.807, 2.05) is 34.9 Å². The topological polar surface area (TPSA) is 82.4 Å². The first-order valence-corrected chi connectivity index (χ1v) is 8.70. The van der Waals surface area contributed by atoms with E-state index in [1.165, 1.54) is 0 Å². The molecule has 0 spiro atoms. The molecule has 8 nitrogen and oxygen atoms in total. The van der Waals surface area contributed by atoms with E-state index in [-0.39, 0.29) is 5.91 Å². The van der Waals surface area contributed by atoms with Crippen molar-refractivity contribution >= 4 is 11.7 Å². The van der Waals surface area contributed by atoms with Crippen molar-refractivity contribution in [3.05, 3.63) is 53.3 Å². The van der Waals surface area contributed by atoms with Crippen LogP contribution in [0.2, 0.25) is 0 Å². The monoisotopic (exact) mass is 363 g/mol. The van der Waals surface area contributed by atoms with Crippen LogP contribution < -0.4 is 9.64 Å². The Bertz CT molecular complexity index is 1050. The van der Waals surface area contributed by atoms with Crippen LogP contribution in [0.5, 0.6) is 5.75 Å². The second-order valence-corrected chi connectivity index (χ2v) is 6.44. The number of ether oxygens (including phenoxy) is 2. The third-order valence-corrected chi connectivity index (χ3v) is 4.88. The average Bonchev–Trinajstić information content (AvgIpc) is 3.29. The Hall–Kier alpha value is -3.26. The fraction of sp³-hybridized carbons (Fsp3) is 0.263. The van der Waals surface area contributed by atoms with Gasteiger partial charge in [0.2, 0.25) is 0 Å². The first-order valence-electron chi connectivity index (χ1n) is 8.70. The second-order valence-electron chi connectivity index (χ2n) is 6.44. The molecule has 4 heterocycles. The summed E-state index contributed by atoms with van der Waals surface area (Å²) in [7, 11) is 1.59. The number of benzene rings is 1. The number of anilines is 1. The van der Waals surface area contributed by atoms with Gasteiger partial charge in [0.25, 0.3) is 5.91 Å². The lowest BCUT2D eigenvalue weighted by molar-refractivity contribution is 0.0820. The van der Waals surface area contributed by atoms with E-state index in [0.717, 1.165) is 11.4 Å². The number of aromatic nitrogens is 4. The van der Waals surface area contributed by atoms with Gasteiger partial charge in [-0.1, -0.05) is 12.1 Å². The van der Waals surface area contributed by atoms with Crippen molar-refractivity contribution in [1.82, 2.24) is 19.7 Å². The number of hydrogen-bond donors (Lipinski definition) is 0. The fourth-order valence-corrected chi connectivity index (χ4v) is 3.48. The molecular weight excluding hydrogens is 346 g/mol. The normalized spacial score (nSPS) is 15.6. The predicted molar refractivity (Wildman–Crippen MR) is 96.4 cm³/mol. The fourth-order valence-electron chi connectivity index (χ4n) is 3.48. The highest BCUT2D eigenvalue weighted by Gasteiger charge is 2.30. The van der Waals surface area contributed by atoms with Crippen LogP contribution in [0.25, 0.3) is 11.5 Å². The van der Waals surface area contributed by atoms with Crippen molar-refractivity contribution in [2.24, 2.45) is 0 Å². The highest BCUT2D eigenvalue weighted by Crippen LogP contribution is 2.31. The van der Waals surface area contributed by atoms with Crippen LogP contribution >= 0.6 is 0 Å². The molecule has 3 aromatic rings. The van der Waals surface area contributed by atoms with Crippen molar-refractivity contribution in [2.45, 2.75) is 19.7 Å². The zero-order valence-electron chi connectivity index (χ0n) is 14.8. The number of nitrogens with zero attached hydrogens (tertiary/aromatic N) is 5. The van der Waals surface area contributed by atoms with E-state index < -0.39 is 0 Å². The molecule has 0 saturated heterocycles. The quantitative estimate of drug-likeness (QED) is 0.708. The molecule has 5 rings (SSSR count). The lowest BCUT2D eigenvalue weighted by Crippen LogP contribution is -2.24. The van der Waals surface area contributed by atoms with Crippen molar-refractivity contribution in [2.75, 3.05) is 18.6 Å². The first kappa shape index (κ1) is 16.0. The summed E-state index contributed by atoms with van der Waals surface area (Å²) < 4.78 is 12.7. The molecule has 0 aliphatic carbocycles. The Labute approximate surface area is 155 Å². The van der Waals surface area contributed by atoms with Gasteiger partial charge < -0.3 is 14.0 Å². The number of pyridine rings is 1. The maximum absolute atomic E-state index is 12.9.